The third kappa shape index (κ3) is 3.99. The minimum absolute atomic E-state index is 0.0773. The van der Waals surface area contributed by atoms with Crippen LogP contribution in [0.15, 0.2) is 66.7 Å². The zero-order valence-corrected chi connectivity index (χ0v) is 18.9. The number of anilines is 1. The number of carbonyl (C=O) groups is 2. The third-order valence-corrected chi connectivity index (χ3v) is 6.23. The number of amides is 1. The summed E-state index contributed by atoms with van der Waals surface area (Å²) in [4.78, 5) is 27.8. The summed E-state index contributed by atoms with van der Waals surface area (Å²) >= 11 is 12.6. The zero-order valence-electron chi connectivity index (χ0n) is 17.3. The predicted molar refractivity (Wildman–Crippen MR) is 125 cm³/mol. The topological polar surface area (TPSA) is 66.8 Å². The maximum absolute atomic E-state index is 13.4. The Balaban J connectivity index is 1.65. The molecule has 1 unspecified atom stereocenters. The lowest BCUT2D eigenvalue weighted by Crippen LogP contribution is -2.41. The Labute approximate surface area is 196 Å². The van der Waals surface area contributed by atoms with Crippen LogP contribution < -0.4 is 9.64 Å². The number of fused-ring (bicyclic) bond motifs is 1. The number of Topliss-reactive ketones (excluding diaryl/α,β-unsaturated/α-hetero) is 1. The smallest absolute Gasteiger partial charge is 0.264 e. The van der Waals surface area contributed by atoms with Crippen LogP contribution in [-0.4, -0.2) is 23.4 Å². The Bertz CT molecular complexity index is 1160. The van der Waals surface area contributed by atoms with Crippen LogP contribution in [0.25, 0.3) is 0 Å². The lowest BCUT2D eigenvalue weighted by molar-refractivity contribution is -0.136. The standard InChI is InChI=1S/C25H21Cl2NO4/c1-2-32-17-12-10-16(11-13-17)23(29)14-25(31)19-6-3-4-9-22(19)28(24(25)30)15-18-20(26)7-5-8-21(18)27/h3-13,31H,2,14-15H2,1H3. The molecule has 4 rings (SSSR count). The van der Waals surface area contributed by atoms with Gasteiger partial charge < -0.3 is 14.7 Å². The Kier molecular flexibility index (Phi) is 6.24. The summed E-state index contributed by atoms with van der Waals surface area (Å²) in [5.74, 6) is -0.293. The number of ether oxygens (including phenoxy) is 1. The molecule has 1 atom stereocenters. The van der Waals surface area contributed by atoms with Crippen LogP contribution in [0.1, 0.15) is 34.8 Å². The maximum Gasteiger partial charge on any atom is 0.264 e. The molecule has 0 spiro atoms. The molecule has 0 bridgehead atoms. The van der Waals surface area contributed by atoms with Gasteiger partial charge in [0, 0.05) is 26.7 Å². The van der Waals surface area contributed by atoms with E-state index in [-0.39, 0.29) is 18.7 Å². The summed E-state index contributed by atoms with van der Waals surface area (Å²) in [7, 11) is 0. The second-order valence-electron chi connectivity index (χ2n) is 7.53. The molecule has 1 aliphatic rings. The summed E-state index contributed by atoms with van der Waals surface area (Å²) < 4.78 is 5.40. The quantitative estimate of drug-likeness (QED) is 0.470. The van der Waals surface area contributed by atoms with Crippen LogP contribution >= 0.6 is 23.2 Å². The Morgan fingerprint density at radius 2 is 1.66 bits per heavy atom. The number of ketones is 1. The highest BCUT2D eigenvalue weighted by Gasteiger charge is 2.50. The van der Waals surface area contributed by atoms with Gasteiger partial charge in [-0.25, -0.2) is 0 Å². The SMILES string of the molecule is CCOc1ccc(C(=O)CC2(O)C(=O)N(Cc3c(Cl)cccc3Cl)c3ccccc32)cc1. The molecule has 32 heavy (non-hydrogen) atoms. The summed E-state index contributed by atoms with van der Waals surface area (Å²) in [6, 6.07) is 18.6. The molecule has 1 N–H and O–H groups in total. The highest BCUT2D eigenvalue weighted by atomic mass is 35.5. The van der Waals surface area contributed by atoms with E-state index in [0.29, 0.717) is 44.8 Å². The van der Waals surface area contributed by atoms with Gasteiger partial charge in [-0.3, -0.25) is 9.59 Å². The van der Waals surface area contributed by atoms with Crippen molar-refractivity contribution in [3.8, 4) is 5.75 Å². The lowest BCUT2D eigenvalue weighted by atomic mass is 9.88. The normalized spacial score (nSPS) is 17.4. The second-order valence-corrected chi connectivity index (χ2v) is 8.34. The zero-order chi connectivity index (χ0) is 22.9. The van der Waals surface area contributed by atoms with Crippen LogP contribution in [0.5, 0.6) is 5.75 Å². The molecule has 3 aromatic rings. The first-order valence-electron chi connectivity index (χ1n) is 10.2. The number of aliphatic hydroxyl groups is 1. The maximum atomic E-state index is 13.4. The minimum Gasteiger partial charge on any atom is -0.494 e. The van der Waals surface area contributed by atoms with E-state index in [9.17, 15) is 14.7 Å². The first-order valence-corrected chi connectivity index (χ1v) is 10.9. The fraction of sp³-hybridized carbons (Fsp3) is 0.200. The van der Waals surface area contributed by atoms with Crippen LogP contribution in [0.2, 0.25) is 10.0 Å². The number of hydrogen-bond acceptors (Lipinski definition) is 4. The number of rotatable bonds is 7. The molecule has 0 radical (unpaired) electrons. The van der Waals surface area contributed by atoms with E-state index in [1.54, 1.807) is 66.7 Å². The molecular weight excluding hydrogens is 449 g/mol. The first kappa shape index (κ1) is 22.3. The van der Waals surface area contributed by atoms with Crippen molar-refractivity contribution >= 4 is 40.6 Å². The second kappa shape index (κ2) is 8.94. The van der Waals surface area contributed by atoms with Gasteiger partial charge in [-0.15, -0.1) is 0 Å². The average Bonchev–Trinajstić information content (AvgIpc) is 2.98. The molecule has 1 amide bonds. The van der Waals surface area contributed by atoms with Gasteiger partial charge in [0.2, 0.25) is 0 Å². The van der Waals surface area contributed by atoms with Gasteiger partial charge in [0.15, 0.2) is 11.4 Å². The molecule has 1 heterocycles. The molecule has 0 aromatic heterocycles. The first-order chi connectivity index (χ1) is 15.3. The third-order valence-electron chi connectivity index (χ3n) is 5.52. The predicted octanol–water partition coefficient (Wildman–Crippen LogP) is 5.40. The molecule has 1 aliphatic heterocycles. The fourth-order valence-corrected chi connectivity index (χ4v) is 4.43. The fourth-order valence-electron chi connectivity index (χ4n) is 3.91. The summed E-state index contributed by atoms with van der Waals surface area (Å²) in [6.45, 7) is 2.47. The number of benzene rings is 3. The van der Waals surface area contributed by atoms with Gasteiger partial charge in [-0.1, -0.05) is 47.5 Å². The number of nitrogens with zero attached hydrogens (tertiary/aromatic N) is 1. The van der Waals surface area contributed by atoms with E-state index < -0.39 is 11.5 Å². The van der Waals surface area contributed by atoms with Gasteiger partial charge in [0.25, 0.3) is 5.91 Å². The molecule has 164 valence electrons. The van der Waals surface area contributed by atoms with E-state index in [1.807, 2.05) is 6.92 Å². The van der Waals surface area contributed by atoms with Crippen molar-refractivity contribution in [2.75, 3.05) is 11.5 Å². The number of halogens is 2. The molecule has 0 saturated carbocycles. The monoisotopic (exact) mass is 469 g/mol. The van der Waals surface area contributed by atoms with Crippen molar-refractivity contribution in [3.05, 3.63) is 93.5 Å². The molecule has 0 aliphatic carbocycles. The van der Waals surface area contributed by atoms with Crippen LogP contribution in [0, 0.1) is 0 Å². The van der Waals surface area contributed by atoms with E-state index in [2.05, 4.69) is 0 Å². The van der Waals surface area contributed by atoms with E-state index in [1.165, 1.54) is 4.90 Å². The van der Waals surface area contributed by atoms with Crippen molar-refractivity contribution in [2.45, 2.75) is 25.5 Å². The van der Waals surface area contributed by atoms with Gasteiger partial charge in [-0.05, 0) is 49.4 Å². The van der Waals surface area contributed by atoms with Crippen molar-refractivity contribution in [3.63, 3.8) is 0 Å². The Morgan fingerprint density at radius 1 is 1.00 bits per heavy atom. The van der Waals surface area contributed by atoms with Crippen molar-refractivity contribution in [1.82, 2.24) is 0 Å². The number of hydrogen-bond donors (Lipinski definition) is 1. The summed E-state index contributed by atoms with van der Waals surface area (Å²) in [6.07, 6.45) is -0.385. The van der Waals surface area contributed by atoms with E-state index in [0.717, 1.165) is 0 Å². The highest BCUT2D eigenvalue weighted by Crippen LogP contribution is 2.44. The van der Waals surface area contributed by atoms with Gasteiger partial charge in [0.05, 0.1) is 25.3 Å². The number of carbonyl (C=O) groups excluding carboxylic acids is 2. The van der Waals surface area contributed by atoms with Gasteiger partial charge in [-0.2, -0.15) is 0 Å². The Morgan fingerprint density at radius 3 is 2.31 bits per heavy atom. The molecule has 7 heteroatoms. The molecule has 5 nitrogen and oxygen atoms in total. The van der Waals surface area contributed by atoms with Crippen LogP contribution in [0.3, 0.4) is 0 Å². The van der Waals surface area contributed by atoms with Gasteiger partial charge in [0.1, 0.15) is 5.75 Å². The largest absolute Gasteiger partial charge is 0.494 e. The molecular formula is C25H21Cl2NO4. The van der Waals surface area contributed by atoms with Crippen molar-refractivity contribution in [1.29, 1.82) is 0 Å². The Hall–Kier alpha value is -2.86. The molecule has 3 aromatic carbocycles. The summed E-state index contributed by atoms with van der Waals surface area (Å²) in [5, 5.41) is 12.3. The van der Waals surface area contributed by atoms with Crippen molar-refractivity contribution < 1.29 is 19.4 Å². The van der Waals surface area contributed by atoms with Crippen LogP contribution in [-0.2, 0) is 16.9 Å². The van der Waals surface area contributed by atoms with Crippen molar-refractivity contribution in [2.24, 2.45) is 0 Å². The highest BCUT2D eigenvalue weighted by molar-refractivity contribution is 6.36. The minimum atomic E-state index is -1.99. The average molecular weight is 470 g/mol. The lowest BCUT2D eigenvalue weighted by Gasteiger charge is -2.23. The summed E-state index contributed by atoms with van der Waals surface area (Å²) in [5.41, 5.74) is -0.122. The van der Waals surface area contributed by atoms with Gasteiger partial charge >= 0.3 is 0 Å². The van der Waals surface area contributed by atoms with E-state index in [4.69, 9.17) is 27.9 Å². The van der Waals surface area contributed by atoms with Crippen LogP contribution in [0.4, 0.5) is 5.69 Å². The molecule has 0 fully saturated rings. The molecule has 0 saturated heterocycles. The number of para-hydroxylation sites is 1. The van der Waals surface area contributed by atoms with E-state index >= 15 is 0 Å².